The summed E-state index contributed by atoms with van der Waals surface area (Å²) in [6.45, 7) is 27.6. The second kappa shape index (κ2) is 17.3. The second-order valence-corrected chi connectivity index (χ2v) is 25.8. The molecule has 0 aromatic carbocycles. The molecule has 38 heavy (non-hydrogen) atoms. The Morgan fingerprint density at radius 3 is 1.16 bits per heavy atom. The minimum Gasteiger partial charge on any atom is -0.411 e. The van der Waals surface area contributed by atoms with Gasteiger partial charge in [-0.25, -0.2) is 0 Å². The van der Waals surface area contributed by atoms with Crippen LogP contribution in [0.5, 0.6) is 0 Å². The van der Waals surface area contributed by atoms with Gasteiger partial charge in [-0.1, -0.05) is 113 Å². The third-order valence-electron chi connectivity index (χ3n) is 9.33. The largest absolute Gasteiger partial charge is 0.411 e. The normalized spacial score (nSPS) is 15.6. The van der Waals surface area contributed by atoms with E-state index in [0.29, 0.717) is 0 Å². The van der Waals surface area contributed by atoms with Crippen LogP contribution < -0.4 is 0 Å². The van der Waals surface area contributed by atoms with Crippen LogP contribution in [0.4, 0.5) is 0 Å². The van der Waals surface area contributed by atoms with E-state index in [1.54, 1.807) is 0 Å². The molecule has 0 bridgehead atoms. The Balaban J connectivity index is 5.41. The third-order valence-corrected chi connectivity index (χ3v) is 18.3. The van der Waals surface area contributed by atoms with Crippen molar-refractivity contribution < 1.29 is 13.3 Å². The fourth-order valence-electron chi connectivity index (χ4n) is 4.52. The number of unbranched alkanes of at least 4 members (excludes halogenated alkanes) is 10. The van der Waals surface area contributed by atoms with Crippen molar-refractivity contribution in [2.45, 2.75) is 187 Å². The Kier molecular flexibility index (Phi) is 17.5. The number of rotatable bonds is 21. The first-order valence-electron chi connectivity index (χ1n) is 16.4. The molecule has 3 nitrogen and oxygen atoms in total. The van der Waals surface area contributed by atoms with Gasteiger partial charge in [-0.2, -0.15) is 0 Å². The van der Waals surface area contributed by atoms with Crippen LogP contribution in [0.2, 0.25) is 36.3 Å². The van der Waals surface area contributed by atoms with Crippen molar-refractivity contribution >= 4 is 16.6 Å². The zero-order valence-electron chi connectivity index (χ0n) is 29.0. The minimum atomic E-state index is -1.89. The molecule has 0 fully saturated rings. The standard InChI is InChI=1S/C33H74NO2Si2/c1-15-16-17-18-21-24-27-30(35-37(11,12)32(2,3)4)31(36-38(13,14)33(5,6)7)28-25-22-19-20-23-26-29-34(8,9)10/h30-31H,15-29H2,1-14H3/q+1. The summed E-state index contributed by atoms with van der Waals surface area (Å²) in [5, 5.41) is 0.443. The Morgan fingerprint density at radius 1 is 0.526 bits per heavy atom. The number of quaternary nitrogens is 1. The highest BCUT2D eigenvalue weighted by atomic mass is 28.4. The zero-order valence-corrected chi connectivity index (χ0v) is 31.0. The maximum Gasteiger partial charge on any atom is 0.192 e. The lowest BCUT2D eigenvalue weighted by Gasteiger charge is -2.45. The molecule has 0 saturated carbocycles. The Morgan fingerprint density at radius 2 is 0.842 bits per heavy atom. The summed E-state index contributed by atoms with van der Waals surface area (Å²) in [5.41, 5.74) is 0. The van der Waals surface area contributed by atoms with Crippen LogP contribution >= 0.6 is 0 Å². The van der Waals surface area contributed by atoms with E-state index < -0.39 is 16.6 Å². The first kappa shape index (κ1) is 38.3. The average Bonchev–Trinajstić information content (AvgIpc) is 2.73. The van der Waals surface area contributed by atoms with E-state index >= 15 is 0 Å². The van der Waals surface area contributed by atoms with Crippen LogP contribution in [0.1, 0.15) is 138 Å². The van der Waals surface area contributed by atoms with E-state index in [1.807, 2.05) is 0 Å². The van der Waals surface area contributed by atoms with Gasteiger partial charge in [-0.3, -0.25) is 0 Å². The minimum absolute atomic E-state index is 0.221. The molecule has 0 rings (SSSR count). The molecule has 2 unspecified atom stereocenters. The summed E-state index contributed by atoms with van der Waals surface area (Å²) in [5.74, 6) is 0. The van der Waals surface area contributed by atoms with Crippen LogP contribution in [-0.2, 0) is 8.85 Å². The topological polar surface area (TPSA) is 18.5 Å². The summed E-state index contributed by atoms with van der Waals surface area (Å²) < 4.78 is 15.5. The first-order valence-corrected chi connectivity index (χ1v) is 22.2. The predicted octanol–water partition coefficient (Wildman–Crippen LogP) is 11.0. The number of hydrogen-bond donors (Lipinski definition) is 0. The maximum absolute atomic E-state index is 7.24. The molecule has 0 aliphatic heterocycles. The Bertz CT molecular complexity index is 600. The van der Waals surface area contributed by atoms with Gasteiger partial charge < -0.3 is 13.3 Å². The van der Waals surface area contributed by atoms with Crippen molar-refractivity contribution in [3.8, 4) is 0 Å². The molecular formula is C33H74NO2Si2+. The van der Waals surface area contributed by atoms with Gasteiger partial charge in [0.25, 0.3) is 0 Å². The second-order valence-electron chi connectivity index (χ2n) is 16.3. The van der Waals surface area contributed by atoms with Gasteiger partial charge in [-0.15, -0.1) is 0 Å². The number of nitrogens with zero attached hydrogens (tertiary/aromatic N) is 1. The van der Waals surface area contributed by atoms with Gasteiger partial charge in [0.1, 0.15) is 0 Å². The molecule has 0 amide bonds. The molecule has 2 atom stereocenters. The molecule has 230 valence electrons. The maximum atomic E-state index is 7.24. The van der Waals surface area contributed by atoms with E-state index in [0.717, 1.165) is 17.3 Å². The molecule has 0 aromatic heterocycles. The highest BCUT2D eigenvalue weighted by molar-refractivity contribution is 6.74. The third kappa shape index (κ3) is 16.5. The summed E-state index contributed by atoms with van der Waals surface area (Å²) in [7, 11) is 3.13. The highest BCUT2D eigenvalue weighted by Gasteiger charge is 2.44. The smallest absolute Gasteiger partial charge is 0.192 e. The van der Waals surface area contributed by atoms with Gasteiger partial charge >= 0.3 is 0 Å². The van der Waals surface area contributed by atoms with Gasteiger partial charge in [0.2, 0.25) is 0 Å². The molecule has 0 heterocycles. The van der Waals surface area contributed by atoms with Crippen LogP contribution in [0.15, 0.2) is 0 Å². The monoisotopic (exact) mass is 573 g/mol. The fraction of sp³-hybridized carbons (Fsp3) is 1.00. The molecule has 0 aliphatic rings. The summed E-state index contributed by atoms with van der Waals surface area (Å²) in [6, 6.07) is 0. The number of hydrogen-bond acceptors (Lipinski definition) is 2. The first-order chi connectivity index (χ1) is 17.2. The lowest BCUT2D eigenvalue weighted by molar-refractivity contribution is -0.870. The molecule has 0 saturated heterocycles. The van der Waals surface area contributed by atoms with Gasteiger partial charge in [0.05, 0.1) is 39.9 Å². The summed E-state index contributed by atoms with van der Waals surface area (Å²) in [4.78, 5) is 0. The lowest BCUT2D eigenvalue weighted by Crippen LogP contribution is -2.51. The van der Waals surface area contributed by atoms with Gasteiger partial charge in [0.15, 0.2) is 16.6 Å². The fourth-order valence-corrected chi connectivity index (χ4v) is 7.28. The SMILES string of the molecule is CCCCCCCCC(O[Si](C)(C)C(C)(C)C)C(CCCCCCCC[N+](C)(C)C)O[Si](C)(C)C(C)(C)C. The van der Waals surface area contributed by atoms with E-state index in [1.165, 1.54) is 83.6 Å². The van der Waals surface area contributed by atoms with E-state index in [-0.39, 0.29) is 22.3 Å². The van der Waals surface area contributed by atoms with Crippen LogP contribution in [0, 0.1) is 0 Å². The molecule has 0 aromatic rings. The molecular weight excluding hydrogens is 499 g/mol. The van der Waals surface area contributed by atoms with Gasteiger partial charge in [-0.05, 0) is 61.9 Å². The van der Waals surface area contributed by atoms with Crippen molar-refractivity contribution in [3.63, 3.8) is 0 Å². The molecule has 0 spiro atoms. The quantitative estimate of drug-likeness (QED) is 0.0773. The highest BCUT2D eigenvalue weighted by Crippen LogP contribution is 2.42. The average molecular weight is 573 g/mol. The molecule has 0 aliphatic carbocycles. The van der Waals surface area contributed by atoms with Gasteiger partial charge in [0, 0.05) is 0 Å². The van der Waals surface area contributed by atoms with Crippen LogP contribution in [0.3, 0.4) is 0 Å². The van der Waals surface area contributed by atoms with E-state index in [2.05, 4.69) is 95.8 Å². The van der Waals surface area contributed by atoms with Crippen molar-refractivity contribution in [2.75, 3.05) is 27.7 Å². The van der Waals surface area contributed by atoms with Crippen molar-refractivity contribution in [2.24, 2.45) is 0 Å². The van der Waals surface area contributed by atoms with Crippen molar-refractivity contribution in [1.29, 1.82) is 0 Å². The van der Waals surface area contributed by atoms with Crippen LogP contribution in [-0.4, -0.2) is 61.0 Å². The van der Waals surface area contributed by atoms with Crippen molar-refractivity contribution in [1.82, 2.24) is 0 Å². The molecule has 5 heteroatoms. The summed E-state index contributed by atoms with van der Waals surface area (Å²) in [6.07, 6.45) is 18.8. The molecule has 0 N–H and O–H groups in total. The Hall–Kier alpha value is 0.314. The van der Waals surface area contributed by atoms with Crippen molar-refractivity contribution in [3.05, 3.63) is 0 Å². The zero-order chi connectivity index (χ0) is 29.7. The Labute approximate surface area is 244 Å². The van der Waals surface area contributed by atoms with E-state index in [4.69, 9.17) is 8.85 Å². The van der Waals surface area contributed by atoms with Crippen LogP contribution in [0.25, 0.3) is 0 Å². The van der Waals surface area contributed by atoms with E-state index in [9.17, 15) is 0 Å². The lowest BCUT2D eigenvalue weighted by atomic mass is 9.99. The summed E-state index contributed by atoms with van der Waals surface area (Å²) >= 11 is 0. The predicted molar refractivity (Wildman–Crippen MR) is 177 cm³/mol. The molecule has 0 radical (unpaired) electrons.